The molecule has 1 aromatic carbocycles. The number of carboxylic acid groups (broad SMARTS) is 1. The van der Waals surface area contributed by atoms with Crippen LogP contribution in [-0.2, 0) is 15.3 Å². The van der Waals surface area contributed by atoms with Crippen molar-refractivity contribution in [2.24, 2.45) is 17.8 Å². The van der Waals surface area contributed by atoms with Crippen LogP contribution >= 0.6 is 11.6 Å². The molecule has 2 aromatic rings. The minimum absolute atomic E-state index is 0.00351. The first-order valence-corrected chi connectivity index (χ1v) is 13.4. The highest BCUT2D eigenvalue weighted by Gasteiger charge is 2.52. The molecule has 0 bridgehead atoms. The molecular weight excluding hydrogens is 502 g/mol. The molecule has 1 amide bonds. The highest BCUT2D eigenvalue weighted by Crippen LogP contribution is 2.49. The van der Waals surface area contributed by atoms with Crippen LogP contribution in [0.25, 0.3) is 0 Å². The first kappa shape index (κ1) is 25.7. The zero-order valence-electron chi connectivity index (χ0n) is 20.4. The lowest BCUT2D eigenvalue weighted by molar-refractivity contribution is -0.142. The summed E-state index contributed by atoms with van der Waals surface area (Å²) in [5, 5.41) is 19.5. The van der Waals surface area contributed by atoms with Crippen molar-refractivity contribution in [2.75, 3.05) is 10.6 Å². The largest absolute Gasteiger partial charge is 0.481 e. The second-order valence-corrected chi connectivity index (χ2v) is 10.9. The monoisotopic (exact) mass is 532 g/mol. The van der Waals surface area contributed by atoms with E-state index in [9.17, 15) is 23.5 Å². The zero-order valence-corrected chi connectivity index (χ0v) is 21.2. The van der Waals surface area contributed by atoms with Gasteiger partial charge in [-0.2, -0.15) is 0 Å². The molecule has 198 valence electrons. The summed E-state index contributed by atoms with van der Waals surface area (Å²) in [6.07, 6.45) is 8.55. The second kappa shape index (κ2) is 10.4. The first-order chi connectivity index (χ1) is 17.8. The predicted octanol–water partition coefficient (Wildman–Crippen LogP) is 5.66. The molecule has 2 saturated carbocycles. The number of pyridine rings is 1. The third-order valence-electron chi connectivity index (χ3n) is 8.20. The molecule has 4 N–H and O–H groups in total. The van der Waals surface area contributed by atoms with Gasteiger partial charge in [-0.25, -0.2) is 13.8 Å². The van der Waals surface area contributed by atoms with E-state index in [0.29, 0.717) is 47.8 Å². The number of aliphatic carboxylic acids is 1. The van der Waals surface area contributed by atoms with Gasteiger partial charge in [-0.15, -0.1) is 0 Å². The fourth-order valence-electron chi connectivity index (χ4n) is 6.31. The zero-order chi connectivity index (χ0) is 26.2. The van der Waals surface area contributed by atoms with Gasteiger partial charge in [-0.1, -0.05) is 36.9 Å². The molecule has 5 rings (SSSR count). The van der Waals surface area contributed by atoms with Gasteiger partial charge in [0.05, 0.1) is 23.2 Å². The maximum absolute atomic E-state index is 14.2. The van der Waals surface area contributed by atoms with Crippen LogP contribution < -0.4 is 16.0 Å². The lowest BCUT2D eigenvalue weighted by atomic mass is 9.71. The Labute approximate surface area is 219 Å². The molecule has 0 radical (unpaired) electrons. The van der Waals surface area contributed by atoms with Crippen LogP contribution in [0.15, 0.2) is 30.5 Å². The molecule has 3 aliphatic rings. The SMILES string of the molecule is O=C(O)C1CCC(NC(=O)C(C2CCCCC2)C2(c3ccc(Cl)nc3)Nc3cc(F)c(F)cc3N2)CC1. The van der Waals surface area contributed by atoms with Gasteiger partial charge in [0, 0.05) is 29.9 Å². The average molecular weight is 533 g/mol. The molecule has 2 fully saturated rings. The number of nitrogens with one attached hydrogen (secondary N) is 3. The molecule has 37 heavy (non-hydrogen) atoms. The summed E-state index contributed by atoms with van der Waals surface area (Å²) in [6.45, 7) is 0. The van der Waals surface area contributed by atoms with Crippen LogP contribution in [0.2, 0.25) is 5.15 Å². The molecule has 10 heteroatoms. The summed E-state index contributed by atoms with van der Waals surface area (Å²) in [5.74, 6) is -3.94. The van der Waals surface area contributed by atoms with E-state index in [4.69, 9.17) is 11.6 Å². The molecule has 7 nitrogen and oxygen atoms in total. The minimum atomic E-state index is -1.20. The first-order valence-electron chi connectivity index (χ1n) is 13.0. The van der Waals surface area contributed by atoms with E-state index in [1.807, 2.05) is 0 Å². The topological polar surface area (TPSA) is 103 Å². The number of aromatic nitrogens is 1. The smallest absolute Gasteiger partial charge is 0.306 e. The van der Waals surface area contributed by atoms with E-state index >= 15 is 0 Å². The summed E-state index contributed by atoms with van der Waals surface area (Å²) in [6, 6.07) is 5.48. The summed E-state index contributed by atoms with van der Waals surface area (Å²) in [4.78, 5) is 29.8. The number of rotatable bonds is 6. The van der Waals surface area contributed by atoms with Crippen molar-refractivity contribution < 1.29 is 23.5 Å². The maximum atomic E-state index is 14.2. The second-order valence-electron chi connectivity index (χ2n) is 10.5. The summed E-state index contributed by atoms with van der Waals surface area (Å²) < 4.78 is 28.4. The number of fused-ring (bicyclic) bond motifs is 1. The Morgan fingerprint density at radius 1 is 1.00 bits per heavy atom. The number of halogens is 3. The Morgan fingerprint density at radius 3 is 2.16 bits per heavy atom. The molecule has 2 aliphatic carbocycles. The van der Waals surface area contributed by atoms with Crippen molar-refractivity contribution in [1.82, 2.24) is 10.3 Å². The number of amides is 1. The standard InChI is InChI=1S/C27H31ClF2N4O3/c28-23-11-8-17(14-31-23)27(33-21-12-19(29)20(30)13-22(21)34-27)24(15-4-2-1-3-5-15)25(35)32-18-9-6-16(7-10-18)26(36)37/h8,11-16,18,24,33-34H,1-7,9-10H2,(H,32,35)(H,36,37). The number of nitrogens with zero attached hydrogens (tertiary/aromatic N) is 1. The number of carbonyl (C=O) groups excluding carboxylic acids is 1. The van der Waals surface area contributed by atoms with E-state index in [1.165, 1.54) is 0 Å². The van der Waals surface area contributed by atoms with Crippen LogP contribution in [0.1, 0.15) is 63.4 Å². The van der Waals surface area contributed by atoms with Gasteiger partial charge in [0.25, 0.3) is 0 Å². The summed E-state index contributed by atoms with van der Waals surface area (Å²) in [7, 11) is 0. The molecular formula is C27H31ClF2N4O3. The van der Waals surface area contributed by atoms with Crippen molar-refractivity contribution in [3.63, 3.8) is 0 Å². The highest BCUT2D eigenvalue weighted by atomic mass is 35.5. The number of hydrogen-bond donors (Lipinski definition) is 4. The van der Waals surface area contributed by atoms with Gasteiger partial charge in [0.15, 0.2) is 11.6 Å². The van der Waals surface area contributed by atoms with Gasteiger partial charge in [0.1, 0.15) is 10.8 Å². The number of carbonyl (C=O) groups is 2. The van der Waals surface area contributed by atoms with Crippen LogP contribution in [0.3, 0.4) is 0 Å². The quantitative estimate of drug-likeness (QED) is 0.358. The van der Waals surface area contributed by atoms with Gasteiger partial charge in [-0.05, 0) is 50.5 Å². The molecule has 1 atom stereocenters. The minimum Gasteiger partial charge on any atom is -0.481 e. The van der Waals surface area contributed by atoms with Crippen LogP contribution in [0.4, 0.5) is 20.2 Å². The molecule has 1 aromatic heterocycles. The molecule has 2 heterocycles. The van der Waals surface area contributed by atoms with Crippen molar-refractivity contribution in [1.29, 1.82) is 0 Å². The molecule has 1 unspecified atom stereocenters. The highest BCUT2D eigenvalue weighted by molar-refractivity contribution is 6.29. The van der Waals surface area contributed by atoms with E-state index in [1.54, 1.807) is 18.3 Å². The Morgan fingerprint density at radius 2 is 1.62 bits per heavy atom. The number of carboxylic acids is 1. The fourth-order valence-corrected chi connectivity index (χ4v) is 6.42. The van der Waals surface area contributed by atoms with Gasteiger partial charge in [-0.3, -0.25) is 9.59 Å². The van der Waals surface area contributed by atoms with Gasteiger partial charge >= 0.3 is 5.97 Å². The Balaban J connectivity index is 1.52. The van der Waals surface area contributed by atoms with Crippen molar-refractivity contribution >= 4 is 34.9 Å². The fraction of sp³-hybridized carbons (Fsp3) is 0.519. The van der Waals surface area contributed by atoms with E-state index in [0.717, 1.165) is 44.2 Å². The molecule has 0 saturated heterocycles. The van der Waals surface area contributed by atoms with E-state index in [-0.39, 0.29) is 23.8 Å². The molecule has 0 spiro atoms. The third-order valence-corrected chi connectivity index (χ3v) is 8.42. The predicted molar refractivity (Wildman–Crippen MR) is 136 cm³/mol. The number of benzene rings is 1. The van der Waals surface area contributed by atoms with Crippen LogP contribution in [0.5, 0.6) is 0 Å². The van der Waals surface area contributed by atoms with Gasteiger partial charge in [0.2, 0.25) is 5.91 Å². The summed E-state index contributed by atoms with van der Waals surface area (Å²) in [5.41, 5.74) is 0.160. The Bertz CT molecular complexity index is 1130. The van der Waals surface area contributed by atoms with Crippen LogP contribution in [-0.4, -0.2) is 28.0 Å². The Kier molecular flexibility index (Phi) is 7.25. The van der Waals surface area contributed by atoms with Crippen LogP contribution in [0, 0.1) is 29.4 Å². The van der Waals surface area contributed by atoms with Crippen molar-refractivity contribution in [2.45, 2.75) is 69.5 Å². The van der Waals surface area contributed by atoms with E-state index in [2.05, 4.69) is 20.9 Å². The van der Waals surface area contributed by atoms with Crippen molar-refractivity contribution in [3.8, 4) is 0 Å². The third kappa shape index (κ3) is 5.10. The van der Waals surface area contributed by atoms with E-state index < -0.39 is 29.2 Å². The maximum Gasteiger partial charge on any atom is 0.306 e. The number of anilines is 2. The Hall–Kier alpha value is -2.94. The normalized spacial score (nSPS) is 23.9. The lowest BCUT2D eigenvalue weighted by Crippen LogP contribution is -2.57. The molecule has 1 aliphatic heterocycles. The van der Waals surface area contributed by atoms with Gasteiger partial charge < -0.3 is 21.1 Å². The summed E-state index contributed by atoms with van der Waals surface area (Å²) >= 11 is 6.08. The van der Waals surface area contributed by atoms with Crippen molar-refractivity contribution in [3.05, 3.63) is 52.8 Å². The lowest BCUT2D eigenvalue weighted by Gasteiger charge is -2.44. The number of hydrogen-bond acceptors (Lipinski definition) is 5. The average Bonchev–Trinajstić information content (AvgIpc) is 3.24.